The van der Waals surface area contributed by atoms with Gasteiger partial charge in [-0.1, -0.05) is 17.7 Å². The van der Waals surface area contributed by atoms with Crippen LogP contribution >= 0.6 is 11.6 Å². The van der Waals surface area contributed by atoms with Gasteiger partial charge in [0.15, 0.2) is 0 Å². The highest BCUT2D eigenvalue weighted by atomic mass is 35.5. The fourth-order valence-corrected chi connectivity index (χ4v) is 6.65. The van der Waals surface area contributed by atoms with Crippen molar-refractivity contribution in [1.82, 2.24) is 8.87 Å². The van der Waals surface area contributed by atoms with Gasteiger partial charge in [-0.3, -0.25) is 19.7 Å². The number of carbonyl (C=O) groups excluding carboxylic acids is 1. The minimum atomic E-state index is -3.79. The maximum absolute atomic E-state index is 13.4. The Balaban J connectivity index is 1.32. The Morgan fingerprint density at radius 3 is 2.53 bits per heavy atom. The van der Waals surface area contributed by atoms with Crippen LogP contribution in [0.1, 0.15) is 28.4 Å². The Hall–Kier alpha value is -3.54. The smallest absolute Gasteiger partial charge is 0.288 e. The summed E-state index contributed by atoms with van der Waals surface area (Å²) in [7, 11) is -3.79. The number of pyridine rings is 1. The zero-order valence-electron chi connectivity index (χ0n) is 18.8. The summed E-state index contributed by atoms with van der Waals surface area (Å²) in [6.45, 7) is 1.11. The number of halogens is 1. The number of aromatic nitrogens is 1. The quantitative estimate of drug-likeness (QED) is 0.398. The fraction of sp³-hybridized carbons (Fsp3) is 0.250. The van der Waals surface area contributed by atoms with Crippen molar-refractivity contribution in [2.75, 3.05) is 18.4 Å². The van der Waals surface area contributed by atoms with E-state index in [4.69, 9.17) is 11.6 Å². The lowest BCUT2D eigenvalue weighted by molar-refractivity contribution is -0.384. The summed E-state index contributed by atoms with van der Waals surface area (Å²) < 4.78 is 30.0. The second-order valence-corrected chi connectivity index (χ2v) is 11.3. The first-order chi connectivity index (χ1) is 17.1. The highest BCUT2D eigenvalue weighted by Gasteiger charge is 2.39. The Kier molecular flexibility index (Phi) is 6.15. The van der Waals surface area contributed by atoms with E-state index in [0.29, 0.717) is 18.8 Å². The second-order valence-electron chi connectivity index (χ2n) is 8.92. The van der Waals surface area contributed by atoms with Gasteiger partial charge in [0.05, 0.1) is 9.82 Å². The number of sulfonamides is 1. The minimum absolute atomic E-state index is 0.0436. The lowest BCUT2D eigenvalue weighted by Crippen LogP contribution is -2.48. The molecule has 1 aromatic heterocycles. The maximum atomic E-state index is 13.4. The highest BCUT2D eigenvalue weighted by molar-refractivity contribution is 7.89. The van der Waals surface area contributed by atoms with Crippen LogP contribution in [0.3, 0.4) is 0 Å². The van der Waals surface area contributed by atoms with Crippen molar-refractivity contribution in [2.24, 2.45) is 5.92 Å². The molecule has 1 fully saturated rings. The molecule has 1 amide bonds. The molecule has 0 aliphatic carbocycles. The van der Waals surface area contributed by atoms with Gasteiger partial charge in [-0.2, -0.15) is 4.31 Å². The molecule has 186 valence electrons. The molecule has 2 aliphatic rings. The van der Waals surface area contributed by atoms with Gasteiger partial charge >= 0.3 is 0 Å². The van der Waals surface area contributed by atoms with Gasteiger partial charge < -0.3 is 9.88 Å². The van der Waals surface area contributed by atoms with Crippen LogP contribution < -0.4 is 10.9 Å². The van der Waals surface area contributed by atoms with E-state index >= 15 is 0 Å². The lowest BCUT2D eigenvalue weighted by atomic mass is 9.84. The number of hydrogen-bond acceptors (Lipinski definition) is 6. The van der Waals surface area contributed by atoms with Crippen LogP contribution in [-0.2, 0) is 16.6 Å². The summed E-state index contributed by atoms with van der Waals surface area (Å²) >= 11 is 5.79. The molecule has 2 aromatic carbocycles. The number of amides is 1. The number of hydrogen-bond donors (Lipinski definition) is 1. The molecule has 3 aromatic rings. The Labute approximate surface area is 211 Å². The number of fused-ring (bicyclic) bond motifs is 4. The molecule has 3 heterocycles. The van der Waals surface area contributed by atoms with Crippen molar-refractivity contribution in [2.45, 2.75) is 23.8 Å². The van der Waals surface area contributed by atoms with Gasteiger partial charge in [0.1, 0.15) is 5.02 Å². The van der Waals surface area contributed by atoms with Gasteiger partial charge in [-0.25, -0.2) is 8.42 Å². The largest absolute Gasteiger partial charge is 0.322 e. The van der Waals surface area contributed by atoms with Gasteiger partial charge in [-0.05, 0) is 54.8 Å². The molecular formula is C24H21ClN4O6S. The minimum Gasteiger partial charge on any atom is -0.322 e. The normalized spacial score (nSPS) is 19.4. The second kappa shape index (κ2) is 9.16. The van der Waals surface area contributed by atoms with Crippen molar-refractivity contribution < 1.29 is 18.1 Å². The van der Waals surface area contributed by atoms with Crippen LogP contribution in [0.25, 0.3) is 0 Å². The first kappa shape index (κ1) is 24.2. The average Bonchev–Trinajstić information content (AvgIpc) is 2.85. The van der Waals surface area contributed by atoms with Crippen LogP contribution in [0.2, 0.25) is 5.02 Å². The first-order valence-electron chi connectivity index (χ1n) is 11.2. The van der Waals surface area contributed by atoms with E-state index < -0.39 is 20.9 Å². The van der Waals surface area contributed by atoms with E-state index in [9.17, 15) is 28.1 Å². The standard InChI is InChI=1S/C24H21ClN4O6S/c25-20-9-4-16(11-22(20)29(32)33)24(31)26-18-5-7-19(8-6-18)36(34,35)27-12-15-10-17(14-27)21-2-1-3-23(30)28(21)13-15/h1-9,11,15,17H,10,12-14H2,(H,26,31)/t15-,17+/m1/s1. The summed E-state index contributed by atoms with van der Waals surface area (Å²) in [5, 5.41) is 13.6. The number of rotatable bonds is 5. The van der Waals surface area contributed by atoms with E-state index in [0.717, 1.165) is 18.2 Å². The summed E-state index contributed by atoms with van der Waals surface area (Å²) in [6.07, 6.45) is 0.837. The number of carbonyl (C=O) groups is 1. The molecule has 5 rings (SSSR count). The fourth-order valence-electron chi connectivity index (χ4n) is 4.91. The average molecular weight is 529 g/mol. The predicted octanol–water partition coefficient (Wildman–Crippen LogP) is 3.47. The van der Waals surface area contributed by atoms with Crippen molar-refractivity contribution in [3.8, 4) is 0 Å². The van der Waals surface area contributed by atoms with E-state index in [2.05, 4.69) is 5.32 Å². The van der Waals surface area contributed by atoms with Crippen molar-refractivity contribution in [3.63, 3.8) is 0 Å². The maximum Gasteiger partial charge on any atom is 0.288 e. The molecule has 10 nitrogen and oxygen atoms in total. The number of nitrogens with zero attached hydrogens (tertiary/aromatic N) is 3. The molecule has 0 saturated carbocycles. The summed E-state index contributed by atoms with van der Waals surface area (Å²) in [5.41, 5.74) is 0.787. The number of nitro benzene ring substituents is 1. The van der Waals surface area contributed by atoms with E-state index in [1.165, 1.54) is 46.8 Å². The zero-order valence-corrected chi connectivity index (χ0v) is 20.4. The molecule has 12 heteroatoms. The molecule has 2 aliphatic heterocycles. The molecule has 0 spiro atoms. The van der Waals surface area contributed by atoms with Crippen LogP contribution in [-0.4, -0.2) is 41.2 Å². The van der Waals surface area contributed by atoms with Crippen LogP contribution in [0, 0.1) is 16.0 Å². The first-order valence-corrected chi connectivity index (χ1v) is 13.0. The van der Waals surface area contributed by atoms with Crippen molar-refractivity contribution >= 4 is 38.9 Å². The molecule has 2 bridgehead atoms. The van der Waals surface area contributed by atoms with E-state index in [1.807, 2.05) is 6.07 Å². The van der Waals surface area contributed by atoms with Gasteiger partial charge in [0.25, 0.3) is 17.2 Å². The molecule has 0 radical (unpaired) electrons. The molecule has 0 unspecified atom stereocenters. The number of nitro groups is 1. The SMILES string of the molecule is O=C(Nc1ccc(S(=O)(=O)N2C[C@H]3C[C@@H](C2)c2cccc(=O)n2C3)cc1)c1ccc(Cl)c([N+](=O)[O-])c1. The van der Waals surface area contributed by atoms with E-state index in [1.54, 1.807) is 10.6 Å². The van der Waals surface area contributed by atoms with Gasteiger partial charge in [0.2, 0.25) is 10.0 Å². The number of nitrogens with one attached hydrogen (secondary N) is 1. The topological polar surface area (TPSA) is 132 Å². The lowest BCUT2D eigenvalue weighted by Gasteiger charge is -2.42. The number of anilines is 1. The van der Waals surface area contributed by atoms with Gasteiger partial charge in [0, 0.05) is 54.6 Å². The van der Waals surface area contributed by atoms with Crippen LogP contribution in [0.5, 0.6) is 0 Å². The van der Waals surface area contributed by atoms with Crippen LogP contribution in [0.15, 0.2) is 70.4 Å². The molecule has 1 saturated heterocycles. The van der Waals surface area contributed by atoms with Crippen molar-refractivity contribution in [1.29, 1.82) is 0 Å². The third-order valence-electron chi connectivity index (χ3n) is 6.60. The Bertz CT molecular complexity index is 1540. The third-order valence-corrected chi connectivity index (χ3v) is 8.77. The summed E-state index contributed by atoms with van der Waals surface area (Å²) in [6, 6.07) is 14.6. The number of piperidine rings is 1. The monoisotopic (exact) mass is 528 g/mol. The van der Waals surface area contributed by atoms with E-state index in [-0.39, 0.29) is 45.1 Å². The molecule has 2 atom stereocenters. The zero-order chi connectivity index (χ0) is 25.6. The highest BCUT2D eigenvalue weighted by Crippen LogP contribution is 2.37. The molecular weight excluding hydrogens is 508 g/mol. The summed E-state index contributed by atoms with van der Waals surface area (Å²) in [4.78, 5) is 35.2. The third kappa shape index (κ3) is 4.41. The Morgan fingerprint density at radius 1 is 1.06 bits per heavy atom. The predicted molar refractivity (Wildman–Crippen MR) is 133 cm³/mol. The molecule has 36 heavy (non-hydrogen) atoms. The van der Waals surface area contributed by atoms with Crippen molar-refractivity contribution in [3.05, 3.63) is 97.4 Å². The Morgan fingerprint density at radius 2 is 1.81 bits per heavy atom. The summed E-state index contributed by atoms with van der Waals surface area (Å²) in [5.74, 6) is -0.598. The molecule has 1 N–H and O–H groups in total. The van der Waals surface area contributed by atoms with Gasteiger partial charge in [-0.15, -0.1) is 0 Å². The number of benzene rings is 2. The van der Waals surface area contributed by atoms with Crippen LogP contribution in [0.4, 0.5) is 11.4 Å².